The molecule has 2 heterocycles. The van der Waals surface area contributed by atoms with Crippen molar-refractivity contribution < 1.29 is 9.53 Å². The van der Waals surface area contributed by atoms with Crippen LogP contribution in [0.25, 0.3) is 0 Å². The molecule has 3 rings (SSSR count). The van der Waals surface area contributed by atoms with Gasteiger partial charge in [0.05, 0.1) is 6.04 Å². The van der Waals surface area contributed by atoms with Crippen LogP contribution in [0.1, 0.15) is 11.1 Å². The molecule has 0 fully saturated rings. The first-order valence-corrected chi connectivity index (χ1v) is 6.95. The summed E-state index contributed by atoms with van der Waals surface area (Å²) in [5.74, 6) is 0.909. The second-order valence-electron chi connectivity index (χ2n) is 5.01. The highest BCUT2D eigenvalue weighted by molar-refractivity contribution is 5.74. The summed E-state index contributed by atoms with van der Waals surface area (Å²) >= 11 is 0. The fourth-order valence-electron chi connectivity index (χ4n) is 2.34. The minimum absolute atomic E-state index is 0.00574. The predicted octanol–water partition coefficient (Wildman–Crippen LogP) is 1.88. The number of benzene rings is 1. The highest BCUT2D eigenvalue weighted by atomic mass is 16.5. The van der Waals surface area contributed by atoms with Crippen LogP contribution in [-0.2, 0) is 13.0 Å². The van der Waals surface area contributed by atoms with Crippen molar-refractivity contribution in [3.8, 4) is 5.75 Å². The minimum Gasteiger partial charge on any atom is -0.491 e. The van der Waals surface area contributed by atoms with Gasteiger partial charge in [-0.2, -0.15) is 0 Å². The third-order valence-electron chi connectivity index (χ3n) is 3.39. The van der Waals surface area contributed by atoms with Gasteiger partial charge >= 0.3 is 6.03 Å². The van der Waals surface area contributed by atoms with Crippen LogP contribution < -0.4 is 15.4 Å². The number of amides is 2. The molecule has 0 bridgehead atoms. The normalized spacial score (nSPS) is 16.5. The van der Waals surface area contributed by atoms with E-state index in [2.05, 4.69) is 15.6 Å². The Bertz CT molecular complexity index is 616. The van der Waals surface area contributed by atoms with Gasteiger partial charge in [0.25, 0.3) is 0 Å². The molecule has 2 amide bonds. The number of carbonyl (C=O) groups excluding carboxylic acids is 1. The third kappa shape index (κ3) is 3.51. The van der Waals surface area contributed by atoms with Crippen LogP contribution in [0.4, 0.5) is 4.79 Å². The fourth-order valence-corrected chi connectivity index (χ4v) is 2.34. The number of aromatic nitrogens is 1. The Labute approximate surface area is 123 Å². The zero-order valence-electron chi connectivity index (χ0n) is 11.6. The molecule has 1 atom stereocenters. The average molecular weight is 283 g/mol. The molecule has 0 spiro atoms. The topological polar surface area (TPSA) is 63.2 Å². The van der Waals surface area contributed by atoms with Gasteiger partial charge in [0, 0.05) is 18.9 Å². The van der Waals surface area contributed by atoms with Crippen molar-refractivity contribution in [2.45, 2.75) is 19.0 Å². The van der Waals surface area contributed by atoms with Crippen molar-refractivity contribution in [1.29, 1.82) is 0 Å². The zero-order valence-corrected chi connectivity index (χ0v) is 11.6. The second-order valence-corrected chi connectivity index (χ2v) is 5.01. The van der Waals surface area contributed by atoms with Crippen LogP contribution in [-0.4, -0.2) is 23.7 Å². The van der Waals surface area contributed by atoms with Crippen molar-refractivity contribution in [3.05, 3.63) is 59.9 Å². The molecule has 1 aliphatic heterocycles. The Morgan fingerprint density at radius 2 is 2.19 bits per heavy atom. The molecule has 0 radical (unpaired) electrons. The van der Waals surface area contributed by atoms with E-state index in [-0.39, 0.29) is 12.1 Å². The monoisotopic (exact) mass is 283 g/mol. The minimum atomic E-state index is -0.188. The first-order valence-electron chi connectivity index (χ1n) is 6.95. The lowest BCUT2D eigenvalue weighted by atomic mass is 10.0. The summed E-state index contributed by atoms with van der Waals surface area (Å²) in [4.78, 5) is 15.9. The molecule has 1 unspecified atom stereocenters. The van der Waals surface area contributed by atoms with E-state index in [0.29, 0.717) is 13.2 Å². The number of nitrogens with one attached hydrogen (secondary N) is 2. The first kappa shape index (κ1) is 13.4. The van der Waals surface area contributed by atoms with E-state index in [0.717, 1.165) is 23.3 Å². The van der Waals surface area contributed by atoms with Gasteiger partial charge in [-0.05, 0) is 29.7 Å². The number of carbonyl (C=O) groups is 1. The van der Waals surface area contributed by atoms with E-state index < -0.39 is 0 Å². The van der Waals surface area contributed by atoms with Gasteiger partial charge in [-0.3, -0.25) is 4.98 Å². The molecule has 0 saturated heterocycles. The summed E-state index contributed by atoms with van der Waals surface area (Å²) in [5, 5.41) is 5.76. The average Bonchev–Trinajstić information content (AvgIpc) is 2.54. The van der Waals surface area contributed by atoms with Gasteiger partial charge in [-0.15, -0.1) is 0 Å². The van der Waals surface area contributed by atoms with E-state index in [4.69, 9.17) is 4.74 Å². The molecular weight excluding hydrogens is 266 g/mol. The molecular formula is C16H17N3O2. The molecule has 2 aromatic rings. The Balaban J connectivity index is 1.50. The van der Waals surface area contributed by atoms with E-state index in [1.54, 1.807) is 12.4 Å². The molecule has 1 aromatic heterocycles. The van der Waals surface area contributed by atoms with E-state index >= 15 is 0 Å². The number of nitrogens with zero attached hydrogens (tertiary/aromatic N) is 1. The summed E-state index contributed by atoms with van der Waals surface area (Å²) in [7, 11) is 0. The largest absolute Gasteiger partial charge is 0.491 e. The molecule has 1 aromatic carbocycles. The van der Waals surface area contributed by atoms with Crippen molar-refractivity contribution in [1.82, 2.24) is 15.6 Å². The van der Waals surface area contributed by atoms with Crippen molar-refractivity contribution in [2.75, 3.05) is 6.61 Å². The van der Waals surface area contributed by atoms with Crippen LogP contribution >= 0.6 is 0 Å². The summed E-state index contributed by atoms with van der Waals surface area (Å²) < 4.78 is 5.65. The van der Waals surface area contributed by atoms with Crippen molar-refractivity contribution in [3.63, 3.8) is 0 Å². The number of para-hydroxylation sites is 1. The maximum Gasteiger partial charge on any atom is 0.315 e. The van der Waals surface area contributed by atoms with E-state index in [9.17, 15) is 4.79 Å². The predicted molar refractivity (Wildman–Crippen MR) is 79.0 cm³/mol. The summed E-state index contributed by atoms with van der Waals surface area (Å²) in [6.45, 7) is 0.959. The SMILES string of the molecule is O=C(NCc1cccnc1)NC1COc2ccccc2C1. The van der Waals surface area contributed by atoms with Crippen LogP contribution in [0.15, 0.2) is 48.8 Å². The van der Waals surface area contributed by atoms with E-state index in [1.807, 2.05) is 36.4 Å². The van der Waals surface area contributed by atoms with Crippen LogP contribution in [0.5, 0.6) is 5.75 Å². The van der Waals surface area contributed by atoms with Crippen molar-refractivity contribution in [2.24, 2.45) is 0 Å². The number of ether oxygens (including phenoxy) is 1. The number of urea groups is 1. The molecule has 0 saturated carbocycles. The maximum absolute atomic E-state index is 11.9. The standard InChI is InChI=1S/C16H17N3O2/c20-16(18-10-12-4-3-7-17-9-12)19-14-8-13-5-1-2-6-15(13)21-11-14/h1-7,9,14H,8,10-11H2,(H2,18,19,20). The number of hydrogen-bond donors (Lipinski definition) is 2. The molecule has 108 valence electrons. The maximum atomic E-state index is 11.9. The van der Waals surface area contributed by atoms with Crippen molar-refractivity contribution >= 4 is 6.03 Å². The Morgan fingerprint density at radius 1 is 1.29 bits per heavy atom. The first-order chi connectivity index (χ1) is 10.3. The van der Waals surface area contributed by atoms with Gasteiger partial charge in [0.15, 0.2) is 0 Å². The van der Waals surface area contributed by atoms with Crippen LogP contribution in [0, 0.1) is 0 Å². The molecule has 21 heavy (non-hydrogen) atoms. The van der Waals surface area contributed by atoms with Crippen LogP contribution in [0.3, 0.4) is 0 Å². The lowest BCUT2D eigenvalue weighted by Gasteiger charge is -2.26. The highest BCUT2D eigenvalue weighted by Gasteiger charge is 2.20. The quantitative estimate of drug-likeness (QED) is 0.904. The smallest absolute Gasteiger partial charge is 0.315 e. The molecule has 1 aliphatic rings. The molecule has 0 aliphatic carbocycles. The summed E-state index contributed by atoms with van der Waals surface area (Å²) in [5.41, 5.74) is 2.10. The molecule has 5 nitrogen and oxygen atoms in total. The number of pyridine rings is 1. The lowest BCUT2D eigenvalue weighted by Crippen LogP contribution is -2.47. The van der Waals surface area contributed by atoms with Gasteiger partial charge in [0.2, 0.25) is 0 Å². The molecule has 2 N–H and O–H groups in total. The van der Waals surface area contributed by atoms with Gasteiger partial charge in [0.1, 0.15) is 12.4 Å². The highest BCUT2D eigenvalue weighted by Crippen LogP contribution is 2.23. The lowest BCUT2D eigenvalue weighted by molar-refractivity contribution is 0.214. The second kappa shape index (κ2) is 6.26. The Hall–Kier alpha value is -2.56. The van der Waals surface area contributed by atoms with Gasteiger partial charge in [-0.25, -0.2) is 4.79 Å². The third-order valence-corrected chi connectivity index (χ3v) is 3.39. The fraction of sp³-hybridized carbons (Fsp3) is 0.250. The van der Waals surface area contributed by atoms with Crippen LogP contribution in [0.2, 0.25) is 0 Å². The summed E-state index contributed by atoms with van der Waals surface area (Å²) in [6, 6.07) is 11.5. The Morgan fingerprint density at radius 3 is 3.05 bits per heavy atom. The number of rotatable bonds is 3. The van der Waals surface area contributed by atoms with Gasteiger partial charge in [-0.1, -0.05) is 24.3 Å². The number of hydrogen-bond acceptors (Lipinski definition) is 3. The van der Waals surface area contributed by atoms with E-state index in [1.165, 1.54) is 0 Å². The van der Waals surface area contributed by atoms with Gasteiger partial charge < -0.3 is 15.4 Å². The number of fused-ring (bicyclic) bond motifs is 1. The Kier molecular flexibility index (Phi) is 4.00. The summed E-state index contributed by atoms with van der Waals surface area (Å²) in [6.07, 6.45) is 4.23. The zero-order chi connectivity index (χ0) is 14.5. The molecule has 5 heteroatoms.